The van der Waals surface area contributed by atoms with Crippen molar-refractivity contribution >= 4 is 17.5 Å². The van der Waals surface area contributed by atoms with Crippen LogP contribution in [0.4, 0.5) is 11.5 Å². The van der Waals surface area contributed by atoms with Gasteiger partial charge >= 0.3 is 5.97 Å². The zero-order valence-corrected chi connectivity index (χ0v) is 10.6. The molecule has 5 nitrogen and oxygen atoms in total. The lowest BCUT2D eigenvalue weighted by Crippen LogP contribution is -2.39. The fraction of sp³-hybridized carbons (Fsp3) is 0.538. The monoisotopic (exact) mass is 249 g/mol. The Morgan fingerprint density at radius 2 is 2.44 bits per heavy atom. The molecular weight excluding hydrogens is 230 g/mol. The first-order valence-corrected chi connectivity index (χ1v) is 6.34. The average molecular weight is 249 g/mol. The first kappa shape index (κ1) is 12.7. The van der Waals surface area contributed by atoms with Crippen molar-refractivity contribution in [3.63, 3.8) is 0 Å². The van der Waals surface area contributed by atoms with Gasteiger partial charge in [0.2, 0.25) is 0 Å². The van der Waals surface area contributed by atoms with Crippen LogP contribution in [0.2, 0.25) is 0 Å². The molecule has 0 amide bonds. The number of ether oxygens (including phenoxy) is 1. The van der Waals surface area contributed by atoms with Gasteiger partial charge in [-0.05, 0) is 31.9 Å². The van der Waals surface area contributed by atoms with E-state index in [4.69, 9.17) is 10.5 Å². The van der Waals surface area contributed by atoms with E-state index in [-0.39, 0.29) is 11.9 Å². The topological polar surface area (TPSA) is 68.5 Å². The third-order valence-electron chi connectivity index (χ3n) is 3.14. The largest absolute Gasteiger partial charge is 0.466 e. The minimum atomic E-state index is -0.0994. The molecule has 0 bridgehead atoms. The predicted molar refractivity (Wildman–Crippen MR) is 70.2 cm³/mol. The van der Waals surface area contributed by atoms with Crippen LogP contribution in [0.15, 0.2) is 18.3 Å². The minimum absolute atomic E-state index is 0.0435. The Bertz CT molecular complexity index is 405. The smallest absolute Gasteiger partial charge is 0.310 e. The molecule has 0 spiro atoms. The third kappa shape index (κ3) is 2.91. The van der Waals surface area contributed by atoms with E-state index in [1.807, 2.05) is 19.1 Å². The van der Waals surface area contributed by atoms with Gasteiger partial charge in [0.05, 0.1) is 24.4 Å². The second-order valence-electron chi connectivity index (χ2n) is 4.49. The fourth-order valence-corrected chi connectivity index (χ4v) is 2.22. The first-order valence-electron chi connectivity index (χ1n) is 6.34. The molecular formula is C13H19N3O2. The van der Waals surface area contributed by atoms with Gasteiger partial charge in [-0.25, -0.2) is 4.98 Å². The lowest BCUT2D eigenvalue weighted by molar-refractivity contribution is -0.148. The van der Waals surface area contributed by atoms with Gasteiger partial charge in [0, 0.05) is 13.1 Å². The summed E-state index contributed by atoms with van der Waals surface area (Å²) < 4.78 is 5.08. The molecule has 2 heterocycles. The van der Waals surface area contributed by atoms with Crippen molar-refractivity contribution in [3.05, 3.63) is 18.3 Å². The number of carbonyl (C=O) groups is 1. The normalized spacial score (nSPS) is 19.6. The van der Waals surface area contributed by atoms with Gasteiger partial charge in [-0.3, -0.25) is 4.79 Å². The van der Waals surface area contributed by atoms with Crippen LogP contribution in [-0.2, 0) is 9.53 Å². The third-order valence-corrected chi connectivity index (χ3v) is 3.14. The van der Waals surface area contributed by atoms with Crippen molar-refractivity contribution in [1.82, 2.24) is 4.98 Å². The highest BCUT2D eigenvalue weighted by Gasteiger charge is 2.27. The molecule has 0 radical (unpaired) electrons. The van der Waals surface area contributed by atoms with Gasteiger partial charge in [-0.15, -0.1) is 0 Å². The van der Waals surface area contributed by atoms with Crippen molar-refractivity contribution in [2.75, 3.05) is 30.3 Å². The number of hydrogen-bond donors (Lipinski definition) is 1. The van der Waals surface area contributed by atoms with Crippen LogP contribution < -0.4 is 10.6 Å². The maximum absolute atomic E-state index is 11.7. The molecule has 2 rings (SSSR count). The fourth-order valence-electron chi connectivity index (χ4n) is 2.22. The zero-order chi connectivity index (χ0) is 13.0. The van der Waals surface area contributed by atoms with Crippen LogP contribution in [-0.4, -0.2) is 30.6 Å². The Balaban J connectivity index is 2.02. The molecule has 2 N–H and O–H groups in total. The highest BCUT2D eigenvalue weighted by atomic mass is 16.5. The number of pyridine rings is 1. The van der Waals surface area contributed by atoms with Gasteiger partial charge in [0.25, 0.3) is 0 Å². The molecule has 5 heteroatoms. The van der Waals surface area contributed by atoms with Crippen LogP contribution in [0.3, 0.4) is 0 Å². The van der Waals surface area contributed by atoms with Crippen LogP contribution >= 0.6 is 0 Å². The quantitative estimate of drug-likeness (QED) is 0.821. The summed E-state index contributed by atoms with van der Waals surface area (Å²) in [5.41, 5.74) is 6.27. The first-order chi connectivity index (χ1) is 8.70. The number of nitrogens with two attached hydrogens (primary N) is 1. The van der Waals surface area contributed by atoms with E-state index in [2.05, 4.69) is 9.88 Å². The van der Waals surface area contributed by atoms with Gasteiger partial charge < -0.3 is 15.4 Å². The van der Waals surface area contributed by atoms with E-state index in [1.54, 1.807) is 6.20 Å². The number of hydrogen-bond acceptors (Lipinski definition) is 5. The average Bonchev–Trinajstić information content (AvgIpc) is 2.40. The lowest BCUT2D eigenvalue weighted by atomic mass is 9.98. The number of aromatic nitrogens is 1. The maximum Gasteiger partial charge on any atom is 0.310 e. The molecule has 1 aliphatic rings. The Morgan fingerprint density at radius 3 is 3.11 bits per heavy atom. The summed E-state index contributed by atoms with van der Waals surface area (Å²) in [5.74, 6) is 0.730. The van der Waals surface area contributed by atoms with Crippen molar-refractivity contribution in [3.8, 4) is 0 Å². The number of rotatable bonds is 3. The summed E-state index contributed by atoms with van der Waals surface area (Å²) in [7, 11) is 0. The molecule has 0 aliphatic carbocycles. The van der Waals surface area contributed by atoms with E-state index in [9.17, 15) is 4.79 Å². The molecule has 1 saturated heterocycles. The van der Waals surface area contributed by atoms with Gasteiger partial charge in [-0.1, -0.05) is 0 Å². The lowest BCUT2D eigenvalue weighted by Gasteiger charge is -2.32. The maximum atomic E-state index is 11.7. The summed E-state index contributed by atoms with van der Waals surface area (Å²) in [5, 5.41) is 0. The molecule has 1 unspecified atom stereocenters. The Morgan fingerprint density at radius 1 is 1.61 bits per heavy atom. The standard InChI is InChI=1S/C13H19N3O2/c1-2-18-13(17)10-4-3-7-16(9-10)12-6-5-11(14)8-15-12/h5-6,8,10H,2-4,7,9,14H2,1H3. The van der Waals surface area contributed by atoms with Crippen molar-refractivity contribution in [2.45, 2.75) is 19.8 Å². The van der Waals surface area contributed by atoms with Gasteiger partial charge in [0.1, 0.15) is 5.82 Å². The number of nitrogens with zero attached hydrogens (tertiary/aromatic N) is 2. The minimum Gasteiger partial charge on any atom is -0.466 e. The molecule has 1 atom stereocenters. The second kappa shape index (κ2) is 5.71. The summed E-state index contributed by atoms with van der Waals surface area (Å²) in [6.07, 6.45) is 3.52. The van der Waals surface area contributed by atoms with E-state index < -0.39 is 0 Å². The van der Waals surface area contributed by atoms with E-state index in [0.717, 1.165) is 25.2 Å². The van der Waals surface area contributed by atoms with Gasteiger partial charge in [0.15, 0.2) is 0 Å². The highest BCUT2D eigenvalue weighted by Crippen LogP contribution is 2.22. The van der Waals surface area contributed by atoms with Gasteiger partial charge in [-0.2, -0.15) is 0 Å². The molecule has 1 aliphatic heterocycles. The number of carbonyl (C=O) groups excluding carboxylic acids is 1. The molecule has 18 heavy (non-hydrogen) atoms. The highest BCUT2D eigenvalue weighted by molar-refractivity contribution is 5.73. The SMILES string of the molecule is CCOC(=O)C1CCCN(c2ccc(N)cn2)C1. The molecule has 0 saturated carbocycles. The Kier molecular flexibility index (Phi) is 4.02. The van der Waals surface area contributed by atoms with Crippen LogP contribution in [0.5, 0.6) is 0 Å². The summed E-state index contributed by atoms with van der Waals surface area (Å²) in [4.78, 5) is 18.1. The zero-order valence-electron chi connectivity index (χ0n) is 10.6. The number of piperidine rings is 1. The van der Waals surface area contributed by atoms with Crippen molar-refractivity contribution in [2.24, 2.45) is 5.92 Å². The predicted octanol–water partition coefficient (Wildman–Crippen LogP) is 1.44. The van der Waals surface area contributed by atoms with Crippen molar-refractivity contribution < 1.29 is 9.53 Å². The Hall–Kier alpha value is -1.78. The number of nitrogen functional groups attached to an aromatic ring is 1. The van der Waals surface area contributed by atoms with Crippen molar-refractivity contribution in [1.29, 1.82) is 0 Å². The molecule has 98 valence electrons. The Labute approximate surface area is 107 Å². The summed E-state index contributed by atoms with van der Waals surface area (Å²) >= 11 is 0. The van der Waals surface area contributed by atoms with E-state index >= 15 is 0 Å². The number of esters is 1. The summed E-state index contributed by atoms with van der Waals surface area (Å²) in [6, 6.07) is 3.72. The van der Waals surface area contributed by atoms with Crippen LogP contribution in [0.25, 0.3) is 0 Å². The molecule has 1 aromatic rings. The van der Waals surface area contributed by atoms with Crippen LogP contribution in [0.1, 0.15) is 19.8 Å². The molecule has 1 fully saturated rings. The van der Waals surface area contributed by atoms with E-state index in [1.165, 1.54) is 0 Å². The second-order valence-corrected chi connectivity index (χ2v) is 4.49. The summed E-state index contributed by atoms with van der Waals surface area (Å²) in [6.45, 7) is 3.87. The molecule has 0 aromatic carbocycles. The van der Waals surface area contributed by atoms with Crippen LogP contribution in [0, 0.1) is 5.92 Å². The van der Waals surface area contributed by atoms with E-state index in [0.29, 0.717) is 18.8 Å². The molecule has 1 aromatic heterocycles. The number of anilines is 2.